The van der Waals surface area contributed by atoms with Crippen LogP contribution in [0.3, 0.4) is 0 Å². The third-order valence-electron chi connectivity index (χ3n) is 6.40. The number of hydrogen-bond acceptors (Lipinski definition) is 6. The summed E-state index contributed by atoms with van der Waals surface area (Å²) >= 11 is 0. The van der Waals surface area contributed by atoms with Crippen LogP contribution in [0.4, 0.5) is 5.69 Å². The van der Waals surface area contributed by atoms with Crippen LogP contribution in [0.15, 0.2) is 18.2 Å². The quantitative estimate of drug-likeness (QED) is 0.703. The number of nitrogens with one attached hydrogen (secondary N) is 1. The van der Waals surface area contributed by atoms with E-state index in [1.807, 2.05) is 6.07 Å². The first-order valence-corrected chi connectivity index (χ1v) is 9.30. The number of amides is 4. The maximum atomic E-state index is 12.9. The fourth-order valence-corrected chi connectivity index (χ4v) is 4.83. The summed E-state index contributed by atoms with van der Waals surface area (Å²) in [5.41, 5.74) is 7.61. The van der Waals surface area contributed by atoms with Gasteiger partial charge in [-0.25, -0.2) is 0 Å². The van der Waals surface area contributed by atoms with Gasteiger partial charge in [-0.3, -0.25) is 29.4 Å². The summed E-state index contributed by atoms with van der Waals surface area (Å²) in [6.45, 7) is 1.78. The van der Waals surface area contributed by atoms with Crippen molar-refractivity contribution in [1.29, 1.82) is 0 Å². The van der Waals surface area contributed by atoms with Crippen LogP contribution in [0, 0.1) is 11.8 Å². The van der Waals surface area contributed by atoms with E-state index in [1.165, 1.54) is 0 Å². The van der Waals surface area contributed by atoms with Gasteiger partial charge in [0.25, 0.3) is 11.8 Å². The Morgan fingerprint density at radius 3 is 2.52 bits per heavy atom. The summed E-state index contributed by atoms with van der Waals surface area (Å²) in [5, 5.41) is 2.21. The van der Waals surface area contributed by atoms with E-state index in [0.717, 1.165) is 30.1 Å². The molecule has 3 N–H and O–H groups in total. The Hall–Kier alpha value is -2.74. The number of benzene rings is 1. The molecule has 1 saturated carbocycles. The lowest BCUT2D eigenvalue weighted by atomic mass is 9.72. The molecule has 1 aromatic carbocycles. The largest absolute Gasteiger partial charge is 0.371 e. The zero-order valence-corrected chi connectivity index (χ0v) is 14.7. The first-order valence-electron chi connectivity index (χ1n) is 9.30. The number of fused-ring (bicyclic) bond motifs is 2. The fourth-order valence-electron chi connectivity index (χ4n) is 4.83. The molecule has 5 rings (SSSR count). The fraction of sp³-hybridized carbons (Fsp3) is 0.474. The Morgan fingerprint density at radius 2 is 1.81 bits per heavy atom. The standard InChI is InChI=1S/C19H20N4O4/c20-14-5-9-7-22(8-13(9)14)10-1-2-11-12(6-10)19(27)23(18(11)26)15-3-4-16(24)21-17(15)25/h1-2,6,9,13-15H,3-5,7-8,20H2,(H,21,24,25). The second-order valence-corrected chi connectivity index (χ2v) is 7.91. The van der Waals surface area contributed by atoms with E-state index in [1.54, 1.807) is 12.1 Å². The number of hydrogen-bond donors (Lipinski definition) is 2. The number of piperidine rings is 1. The molecule has 8 nitrogen and oxygen atoms in total. The van der Waals surface area contributed by atoms with Crippen molar-refractivity contribution in [3.05, 3.63) is 29.3 Å². The van der Waals surface area contributed by atoms with Gasteiger partial charge in [0.1, 0.15) is 6.04 Å². The van der Waals surface area contributed by atoms with Gasteiger partial charge in [0, 0.05) is 31.2 Å². The molecule has 8 heteroatoms. The van der Waals surface area contributed by atoms with Gasteiger partial charge in [0.15, 0.2) is 0 Å². The maximum Gasteiger partial charge on any atom is 0.262 e. The molecule has 3 aliphatic heterocycles. The zero-order valence-electron chi connectivity index (χ0n) is 14.7. The summed E-state index contributed by atoms with van der Waals surface area (Å²) in [6, 6.07) is 4.59. The average molecular weight is 368 g/mol. The van der Waals surface area contributed by atoms with Gasteiger partial charge >= 0.3 is 0 Å². The minimum absolute atomic E-state index is 0.117. The number of anilines is 1. The molecule has 4 atom stereocenters. The van der Waals surface area contributed by atoms with Gasteiger partial charge in [-0.1, -0.05) is 0 Å². The Balaban J connectivity index is 1.42. The summed E-state index contributed by atoms with van der Waals surface area (Å²) in [6.07, 6.45) is 1.31. The summed E-state index contributed by atoms with van der Waals surface area (Å²) < 4.78 is 0. The molecule has 0 aromatic heterocycles. The predicted octanol–water partition coefficient (Wildman–Crippen LogP) is -0.129. The molecule has 4 amide bonds. The summed E-state index contributed by atoms with van der Waals surface area (Å²) in [4.78, 5) is 52.3. The number of imide groups is 2. The Kier molecular flexibility index (Phi) is 3.42. The van der Waals surface area contributed by atoms with Crippen molar-refractivity contribution in [2.24, 2.45) is 17.6 Å². The highest BCUT2D eigenvalue weighted by molar-refractivity contribution is 6.23. The van der Waals surface area contributed by atoms with Crippen molar-refractivity contribution in [1.82, 2.24) is 10.2 Å². The van der Waals surface area contributed by atoms with Crippen LogP contribution >= 0.6 is 0 Å². The monoisotopic (exact) mass is 368 g/mol. The lowest BCUT2D eigenvalue weighted by Crippen LogP contribution is -2.54. The lowest BCUT2D eigenvalue weighted by molar-refractivity contribution is -0.136. The van der Waals surface area contributed by atoms with Gasteiger partial charge in [0.05, 0.1) is 11.1 Å². The van der Waals surface area contributed by atoms with Crippen LogP contribution in [0.25, 0.3) is 0 Å². The van der Waals surface area contributed by atoms with E-state index in [4.69, 9.17) is 5.73 Å². The molecule has 1 aromatic rings. The molecule has 0 bridgehead atoms. The van der Waals surface area contributed by atoms with E-state index in [2.05, 4.69) is 10.2 Å². The van der Waals surface area contributed by atoms with Crippen molar-refractivity contribution >= 4 is 29.3 Å². The second kappa shape index (κ2) is 5.63. The van der Waals surface area contributed by atoms with Crippen LogP contribution in [0.2, 0.25) is 0 Å². The Morgan fingerprint density at radius 1 is 1.04 bits per heavy atom. The third kappa shape index (κ3) is 2.32. The van der Waals surface area contributed by atoms with Crippen molar-refractivity contribution < 1.29 is 19.2 Å². The van der Waals surface area contributed by atoms with Crippen LogP contribution in [0.5, 0.6) is 0 Å². The third-order valence-corrected chi connectivity index (χ3v) is 6.40. The molecular weight excluding hydrogens is 348 g/mol. The van der Waals surface area contributed by atoms with E-state index in [0.29, 0.717) is 23.0 Å². The summed E-state index contributed by atoms with van der Waals surface area (Å²) in [7, 11) is 0. The Bertz CT molecular complexity index is 898. The molecule has 4 aliphatic rings. The highest BCUT2D eigenvalue weighted by atomic mass is 16.2. The van der Waals surface area contributed by atoms with Crippen LogP contribution in [-0.4, -0.2) is 53.7 Å². The van der Waals surface area contributed by atoms with Crippen molar-refractivity contribution in [2.75, 3.05) is 18.0 Å². The van der Waals surface area contributed by atoms with Crippen molar-refractivity contribution in [3.63, 3.8) is 0 Å². The first kappa shape index (κ1) is 16.4. The van der Waals surface area contributed by atoms with Crippen molar-refractivity contribution in [3.8, 4) is 0 Å². The number of rotatable bonds is 2. The smallest absolute Gasteiger partial charge is 0.262 e. The molecule has 1 aliphatic carbocycles. The van der Waals surface area contributed by atoms with E-state index >= 15 is 0 Å². The number of carbonyl (C=O) groups is 4. The van der Waals surface area contributed by atoms with Gasteiger partial charge in [-0.2, -0.15) is 0 Å². The van der Waals surface area contributed by atoms with Gasteiger partial charge < -0.3 is 10.6 Å². The molecule has 3 fully saturated rings. The minimum Gasteiger partial charge on any atom is -0.371 e. The molecule has 0 radical (unpaired) electrons. The van der Waals surface area contributed by atoms with E-state index < -0.39 is 23.8 Å². The van der Waals surface area contributed by atoms with Crippen molar-refractivity contribution in [2.45, 2.75) is 31.3 Å². The maximum absolute atomic E-state index is 12.9. The van der Waals surface area contributed by atoms with Crippen LogP contribution in [0.1, 0.15) is 40.0 Å². The molecule has 27 heavy (non-hydrogen) atoms. The van der Waals surface area contributed by atoms with Gasteiger partial charge in [0.2, 0.25) is 11.8 Å². The zero-order chi connectivity index (χ0) is 18.9. The highest BCUT2D eigenvalue weighted by Gasteiger charge is 2.47. The lowest BCUT2D eigenvalue weighted by Gasteiger charge is -2.36. The molecule has 4 unspecified atom stereocenters. The molecule has 3 heterocycles. The average Bonchev–Trinajstić information content (AvgIpc) is 3.11. The molecule has 140 valence electrons. The molecule has 0 spiro atoms. The SMILES string of the molecule is NC1CC2CN(c3ccc4c(c3)C(=O)N(C3CCC(=O)NC3=O)C4=O)CC12. The molecular formula is C19H20N4O4. The minimum atomic E-state index is -0.931. The summed E-state index contributed by atoms with van der Waals surface area (Å²) in [5.74, 6) is -0.811. The Labute approximate surface area is 155 Å². The van der Waals surface area contributed by atoms with Crippen LogP contribution < -0.4 is 16.0 Å². The number of nitrogens with zero attached hydrogens (tertiary/aromatic N) is 2. The first-order chi connectivity index (χ1) is 12.9. The normalized spacial score (nSPS) is 32.3. The van der Waals surface area contributed by atoms with Gasteiger partial charge in [-0.05, 0) is 42.9 Å². The van der Waals surface area contributed by atoms with E-state index in [-0.39, 0.29) is 24.8 Å². The van der Waals surface area contributed by atoms with E-state index in [9.17, 15) is 19.2 Å². The highest BCUT2D eigenvalue weighted by Crippen LogP contribution is 2.42. The number of nitrogens with two attached hydrogens (primary N) is 1. The topological polar surface area (TPSA) is 113 Å². The number of carbonyl (C=O) groups excluding carboxylic acids is 4. The second-order valence-electron chi connectivity index (χ2n) is 7.91. The predicted molar refractivity (Wildman–Crippen MR) is 94.9 cm³/mol. The molecule has 2 saturated heterocycles. The van der Waals surface area contributed by atoms with Crippen LogP contribution in [-0.2, 0) is 9.59 Å². The van der Waals surface area contributed by atoms with Gasteiger partial charge in [-0.15, -0.1) is 0 Å².